The number of carbonyl (C=O) groups is 2. The Morgan fingerprint density at radius 3 is 2.58 bits per heavy atom. The van der Waals surface area contributed by atoms with Crippen LogP contribution in [0.15, 0.2) is 43.4 Å². The first-order chi connectivity index (χ1) is 11.0. The summed E-state index contributed by atoms with van der Waals surface area (Å²) in [7, 11) is -4.05. The van der Waals surface area contributed by atoms with Crippen LogP contribution in [0.3, 0.4) is 0 Å². The van der Waals surface area contributed by atoms with E-state index in [1.54, 1.807) is 6.07 Å². The Hall–Kier alpha value is -0.870. The summed E-state index contributed by atoms with van der Waals surface area (Å²) in [6.07, 6.45) is 4.01. The molecule has 2 amide bonds. The highest BCUT2D eigenvalue weighted by molar-refractivity contribution is 9.11. The van der Waals surface area contributed by atoms with Crippen molar-refractivity contribution in [2.45, 2.75) is 16.1 Å². The maximum Gasteiger partial charge on any atom is 0.273 e. The molecule has 1 aliphatic rings. The topological polar surface area (TPSA) is 92.3 Å². The smallest absolute Gasteiger partial charge is 0.273 e. The van der Waals surface area contributed by atoms with Gasteiger partial charge >= 0.3 is 0 Å². The van der Waals surface area contributed by atoms with Gasteiger partial charge in [0.25, 0.3) is 10.0 Å². The van der Waals surface area contributed by atoms with Crippen LogP contribution in [0.2, 0.25) is 0 Å². The fraction of sp³-hybridized carbons (Fsp3) is 0.231. The number of thiophene rings is 1. The molecule has 0 aromatic carbocycles. The van der Waals surface area contributed by atoms with Crippen molar-refractivity contribution in [2.75, 3.05) is 0 Å². The molecule has 2 unspecified atom stereocenters. The predicted octanol–water partition coefficient (Wildman–Crippen LogP) is 2.70. The van der Waals surface area contributed by atoms with E-state index in [0.717, 1.165) is 11.3 Å². The molecule has 0 spiro atoms. The number of alkyl halides is 1. The number of allylic oxidation sites excluding steroid dienone is 2. The third-order valence-corrected chi connectivity index (χ3v) is 7.08. The third-order valence-electron chi connectivity index (χ3n) is 2.95. The Kier molecular flexibility index (Phi) is 5.81. The SMILES string of the molecule is CC(=O)NC1(Cl)C=C(Cl)C=CC1C(=O)NS(=O)(=O)c1ccc(Br)s1. The van der Waals surface area contributed by atoms with Gasteiger partial charge in [-0.15, -0.1) is 11.3 Å². The molecule has 6 nitrogen and oxygen atoms in total. The van der Waals surface area contributed by atoms with Gasteiger partial charge in [-0.05, 0) is 40.2 Å². The van der Waals surface area contributed by atoms with Crippen molar-refractivity contribution < 1.29 is 18.0 Å². The molecular formula is C13H11BrCl2N2O4S2. The molecule has 2 atom stereocenters. The van der Waals surface area contributed by atoms with E-state index in [4.69, 9.17) is 23.2 Å². The zero-order chi connectivity index (χ0) is 18.1. The van der Waals surface area contributed by atoms with Crippen LogP contribution in [0.25, 0.3) is 0 Å². The molecule has 2 rings (SSSR count). The van der Waals surface area contributed by atoms with E-state index < -0.39 is 32.8 Å². The summed E-state index contributed by atoms with van der Waals surface area (Å²) in [5.41, 5.74) is 0. The minimum Gasteiger partial charge on any atom is -0.333 e. The lowest BCUT2D eigenvalue weighted by Gasteiger charge is -2.32. The van der Waals surface area contributed by atoms with Gasteiger partial charge in [-0.2, -0.15) is 0 Å². The highest BCUT2D eigenvalue weighted by Gasteiger charge is 2.42. The molecule has 11 heteroatoms. The molecular weight excluding hydrogens is 463 g/mol. The van der Waals surface area contributed by atoms with Crippen LogP contribution in [0, 0.1) is 5.92 Å². The minimum absolute atomic E-state index is 0.0317. The minimum atomic E-state index is -4.05. The summed E-state index contributed by atoms with van der Waals surface area (Å²) >= 11 is 16.3. The largest absolute Gasteiger partial charge is 0.333 e. The van der Waals surface area contributed by atoms with Crippen LogP contribution in [0.4, 0.5) is 0 Å². The average molecular weight is 474 g/mol. The number of hydrogen-bond acceptors (Lipinski definition) is 5. The van der Waals surface area contributed by atoms with Gasteiger partial charge in [0, 0.05) is 12.0 Å². The molecule has 0 bridgehead atoms. The molecule has 1 heterocycles. The van der Waals surface area contributed by atoms with Crippen LogP contribution in [-0.2, 0) is 19.6 Å². The van der Waals surface area contributed by atoms with Crippen molar-refractivity contribution in [3.8, 4) is 0 Å². The maximum absolute atomic E-state index is 12.4. The first kappa shape index (κ1) is 19.5. The zero-order valence-electron chi connectivity index (χ0n) is 12.0. The van der Waals surface area contributed by atoms with E-state index in [2.05, 4.69) is 21.2 Å². The maximum atomic E-state index is 12.4. The fourth-order valence-corrected chi connectivity index (χ4v) is 5.75. The molecule has 0 radical (unpaired) electrons. The summed E-state index contributed by atoms with van der Waals surface area (Å²) < 4.78 is 27.1. The molecule has 1 aliphatic carbocycles. The number of rotatable bonds is 4. The van der Waals surface area contributed by atoms with E-state index >= 15 is 0 Å². The van der Waals surface area contributed by atoms with Gasteiger partial charge in [-0.3, -0.25) is 9.59 Å². The van der Waals surface area contributed by atoms with Crippen molar-refractivity contribution in [1.29, 1.82) is 0 Å². The van der Waals surface area contributed by atoms with E-state index in [-0.39, 0.29) is 9.24 Å². The summed E-state index contributed by atoms with van der Waals surface area (Å²) in [5.74, 6) is -2.55. The van der Waals surface area contributed by atoms with Crippen molar-refractivity contribution in [2.24, 2.45) is 5.92 Å². The van der Waals surface area contributed by atoms with Gasteiger partial charge in [0.05, 0.1) is 9.70 Å². The molecule has 0 saturated heterocycles. The zero-order valence-corrected chi connectivity index (χ0v) is 16.8. The van der Waals surface area contributed by atoms with Crippen LogP contribution in [0.5, 0.6) is 0 Å². The predicted molar refractivity (Wildman–Crippen MR) is 96.3 cm³/mol. The molecule has 0 fully saturated rings. The van der Waals surface area contributed by atoms with Gasteiger partial charge in [-0.25, -0.2) is 13.1 Å². The first-order valence-electron chi connectivity index (χ1n) is 6.40. The second-order valence-corrected chi connectivity index (χ2v) is 10.3. The number of sulfonamides is 1. The van der Waals surface area contributed by atoms with Gasteiger partial charge in [0.15, 0.2) is 0 Å². The van der Waals surface area contributed by atoms with Crippen LogP contribution in [-0.4, -0.2) is 25.2 Å². The number of halogens is 3. The summed E-state index contributed by atoms with van der Waals surface area (Å²) in [6.45, 7) is 1.22. The van der Waals surface area contributed by atoms with Crippen LogP contribution < -0.4 is 10.0 Å². The number of carbonyl (C=O) groups excluding carboxylic acids is 2. The number of nitrogens with one attached hydrogen (secondary N) is 2. The Morgan fingerprint density at radius 2 is 2.04 bits per heavy atom. The lowest BCUT2D eigenvalue weighted by molar-refractivity contribution is -0.124. The van der Waals surface area contributed by atoms with Gasteiger partial charge in [-0.1, -0.05) is 29.3 Å². The summed E-state index contributed by atoms with van der Waals surface area (Å²) in [5, 5.41) is 2.62. The Labute approximate surface area is 161 Å². The van der Waals surface area contributed by atoms with Crippen molar-refractivity contribution in [3.63, 3.8) is 0 Å². The first-order valence-corrected chi connectivity index (χ1v) is 10.2. The van der Waals surface area contributed by atoms with E-state index in [9.17, 15) is 18.0 Å². The molecule has 24 heavy (non-hydrogen) atoms. The molecule has 130 valence electrons. The Bertz CT molecular complexity index is 850. The molecule has 1 aromatic rings. The number of hydrogen-bond donors (Lipinski definition) is 2. The monoisotopic (exact) mass is 472 g/mol. The summed E-state index contributed by atoms with van der Waals surface area (Å²) in [4.78, 5) is 22.1. The standard InChI is InChI=1S/C13H11BrCl2N2O4S2/c1-7(19)17-13(16)6-8(15)2-3-9(13)12(20)18-24(21,22)11-5-4-10(14)23-11/h2-6,9H,1H3,(H,17,19)(H,18,20). The average Bonchev–Trinajstić information content (AvgIpc) is 2.83. The lowest BCUT2D eigenvalue weighted by Crippen LogP contribution is -2.53. The van der Waals surface area contributed by atoms with E-state index in [1.165, 1.54) is 31.2 Å². The van der Waals surface area contributed by atoms with Crippen LogP contribution >= 0.6 is 50.5 Å². The van der Waals surface area contributed by atoms with Crippen molar-refractivity contribution in [3.05, 3.63) is 39.2 Å². The van der Waals surface area contributed by atoms with Gasteiger partial charge < -0.3 is 5.32 Å². The number of amides is 2. The second-order valence-electron chi connectivity index (χ2n) is 4.84. The van der Waals surface area contributed by atoms with Crippen LogP contribution in [0.1, 0.15) is 6.92 Å². The fourth-order valence-electron chi connectivity index (χ4n) is 2.02. The molecule has 0 aliphatic heterocycles. The quantitative estimate of drug-likeness (QED) is 0.519. The highest BCUT2D eigenvalue weighted by Crippen LogP contribution is 2.33. The highest BCUT2D eigenvalue weighted by atomic mass is 79.9. The lowest BCUT2D eigenvalue weighted by atomic mass is 9.93. The normalized spacial score (nSPS) is 23.5. The second kappa shape index (κ2) is 7.17. The summed E-state index contributed by atoms with van der Waals surface area (Å²) in [6, 6.07) is 2.91. The molecule has 0 saturated carbocycles. The molecule has 1 aromatic heterocycles. The third kappa shape index (κ3) is 4.40. The van der Waals surface area contributed by atoms with Gasteiger partial charge in [0.2, 0.25) is 11.8 Å². The van der Waals surface area contributed by atoms with E-state index in [1.807, 2.05) is 4.72 Å². The van der Waals surface area contributed by atoms with Crippen molar-refractivity contribution >= 4 is 72.3 Å². The Balaban J connectivity index is 2.27. The van der Waals surface area contributed by atoms with Gasteiger partial charge in [0.1, 0.15) is 9.21 Å². The molecule has 2 N–H and O–H groups in total. The van der Waals surface area contributed by atoms with Crippen molar-refractivity contribution in [1.82, 2.24) is 10.0 Å². The van der Waals surface area contributed by atoms with E-state index in [0.29, 0.717) is 3.79 Å². The Morgan fingerprint density at radius 1 is 1.38 bits per heavy atom.